The molecule has 0 saturated carbocycles. The van der Waals surface area contributed by atoms with E-state index in [0.29, 0.717) is 19.3 Å². The van der Waals surface area contributed by atoms with E-state index in [1.807, 2.05) is 0 Å². The molecule has 1 unspecified atom stereocenters. The monoisotopic (exact) mass is 1160 g/mol. The summed E-state index contributed by atoms with van der Waals surface area (Å²) < 4.78 is 17.1. The van der Waals surface area contributed by atoms with Crippen molar-refractivity contribution in [1.82, 2.24) is 0 Å². The van der Waals surface area contributed by atoms with Gasteiger partial charge in [-0.05, 0) is 19.3 Å². The Balaban J connectivity index is 4.17. The molecule has 6 heteroatoms. The van der Waals surface area contributed by atoms with E-state index in [0.717, 1.165) is 57.8 Å². The Kier molecular flexibility index (Phi) is 70.5. The largest absolute Gasteiger partial charge is 0.462 e. The summed E-state index contributed by atoms with van der Waals surface area (Å²) >= 11 is 0. The van der Waals surface area contributed by atoms with E-state index >= 15 is 0 Å². The van der Waals surface area contributed by atoms with Gasteiger partial charge >= 0.3 is 17.9 Å². The molecule has 0 aliphatic heterocycles. The molecule has 0 aromatic heterocycles. The zero-order chi connectivity index (χ0) is 59.2. The van der Waals surface area contributed by atoms with E-state index in [9.17, 15) is 14.4 Å². The van der Waals surface area contributed by atoms with Crippen LogP contribution in [0.25, 0.3) is 0 Å². The fraction of sp³-hybridized carbons (Fsp3) is 0.961. The van der Waals surface area contributed by atoms with Crippen LogP contribution in [-0.4, -0.2) is 37.2 Å². The number of carbonyl (C=O) groups is 3. The fourth-order valence-corrected chi connectivity index (χ4v) is 12.2. The van der Waals surface area contributed by atoms with E-state index in [-0.39, 0.29) is 31.1 Å². The summed E-state index contributed by atoms with van der Waals surface area (Å²) in [5.41, 5.74) is 0. The van der Waals surface area contributed by atoms with Crippen LogP contribution in [0.1, 0.15) is 451 Å². The van der Waals surface area contributed by atoms with E-state index in [4.69, 9.17) is 14.2 Å². The molecule has 0 radical (unpaired) electrons. The average molecular weight is 1160 g/mol. The molecule has 0 rings (SSSR count). The molecule has 0 aliphatic carbocycles. The van der Waals surface area contributed by atoms with Gasteiger partial charge in [0.2, 0.25) is 0 Å². The zero-order valence-electron chi connectivity index (χ0n) is 56.3. The predicted molar refractivity (Wildman–Crippen MR) is 358 cm³/mol. The lowest BCUT2D eigenvalue weighted by Gasteiger charge is -2.18. The smallest absolute Gasteiger partial charge is 0.306 e. The fourth-order valence-electron chi connectivity index (χ4n) is 12.2. The Labute approximate surface area is 514 Å². The summed E-state index contributed by atoms with van der Waals surface area (Å²) in [5, 5.41) is 0. The van der Waals surface area contributed by atoms with Gasteiger partial charge in [-0.25, -0.2) is 0 Å². The van der Waals surface area contributed by atoms with E-state index < -0.39 is 6.10 Å². The lowest BCUT2D eigenvalue weighted by molar-refractivity contribution is -0.167. The van der Waals surface area contributed by atoms with Crippen LogP contribution >= 0.6 is 0 Å². The first kappa shape index (κ1) is 80.4. The summed E-state index contributed by atoms with van der Waals surface area (Å²) in [4.78, 5) is 38.5. The lowest BCUT2D eigenvalue weighted by Crippen LogP contribution is -2.30. The van der Waals surface area contributed by atoms with Gasteiger partial charge in [0, 0.05) is 19.3 Å². The van der Waals surface area contributed by atoms with E-state index in [1.165, 1.54) is 353 Å². The van der Waals surface area contributed by atoms with Crippen LogP contribution in [0.15, 0.2) is 0 Å². The topological polar surface area (TPSA) is 78.9 Å². The highest BCUT2D eigenvalue weighted by molar-refractivity contribution is 5.71. The summed E-state index contributed by atoms with van der Waals surface area (Å²) in [6.07, 6.45) is 85.8. The molecule has 0 aromatic rings. The summed E-state index contributed by atoms with van der Waals surface area (Å²) in [7, 11) is 0. The van der Waals surface area contributed by atoms with Gasteiger partial charge in [0.15, 0.2) is 6.10 Å². The second-order valence-corrected chi connectivity index (χ2v) is 26.3. The Bertz CT molecular complexity index is 1240. The average Bonchev–Trinajstić information content (AvgIpc) is 3.47. The number of hydrogen-bond acceptors (Lipinski definition) is 6. The van der Waals surface area contributed by atoms with Crippen molar-refractivity contribution >= 4 is 17.9 Å². The van der Waals surface area contributed by atoms with Gasteiger partial charge in [-0.2, -0.15) is 0 Å². The van der Waals surface area contributed by atoms with Crippen LogP contribution in [0, 0.1) is 0 Å². The summed E-state index contributed by atoms with van der Waals surface area (Å²) in [6.45, 7) is 6.76. The Hall–Kier alpha value is -1.59. The van der Waals surface area contributed by atoms with Crippen molar-refractivity contribution in [2.75, 3.05) is 13.2 Å². The molecular formula is C76H148O6. The lowest BCUT2D eigenvalue weighted by atomic mass is 10.0. The number of unbranched alkanes of at least 4 members (excludes halogenated alkanes) is 61. The van der Waals surface area contributed by atoms with Crippen LogP contribution in [0.4, 0.5) is 0 Å². The van der Waals surface area contributed by atoms with Gasteiger partial charge in [0.05, 0.1) is 0 Å². The summed E-state index contributed by atoms with van der Waals surface area (Å²) in [6, 6.07) is 0. The Morgan fingerprint density at radius 2 is 0.329 bits per heavy atom. The third-order valence-corrected chi connectivity index (χ3v) is 17.9. The first-order valence-corrected chi connectivity index (χ1v) is 38.0. The number of esters is 3. The highest BCUT2D eigenvalue weighted by atomic mass is 16.6. The third-order valence-electron chi connectivity index (χ3n) is 17.9. The number of rotatable bonds is 72. The molecule has 0 bridgehead atoms. The highest BCUT2D eigenvalue weighted by Crippen LogP contribution is 2.20. The standard InChI is InChI=1S/C76H148O6/c1-4-7-10-13-16-19-22-25-28-31-33-34-35-36-37-38-39-40-41-42-43-46-48-51-54-57-60-63-66-69-75(78)81-72-73(71-80-74(77)68-65-62-59-56-53-50-47-44-30-27-24-21-18-15-12-9-6-3)82-76(79)70-67-64-61-58-55-52-49-45-32-29-26-23-20-17-14-11-8-5-2/h73H,4-72H2,1-3H3. The number of carbonyl (C=O) groups excluding carboxylic acids is 3. The highest BCUT2D eigenvalue weighted by Gasteiger charge is 2.20. The van der Waals surface area contributed by atoms with Gasteiger partial charge in [-0.15, -0.1) is 0 Å². The SMILES string of the molecule is CCCCCCCCCCCCCCCCCCCCCCCCCCCCCCCC(=O)OCC(COC(=O)CCCCCCCCCCCCCCCCCCC)OC(=O)CCCCCCCCCCCCCCCCCCCC. The quantitative estimate of drug-likeness (QED) is 0.0343. The Morgan fingerprint density at radius 1 is 0.195 bits per heavy atom. The van der Waals surface area contributed by atoms with Crippen LogP contribution in [-0.2, 0) is 28.6 Å². The van der Waals surface area contributed by atoms with Crippen molar-refractivity contribution in [2.45, 2.75) is 457 Å². The zero-order valence-corrected chi connectivity index (χ0v) is 56.3. The molecule has 82 heavy (non-hydrogen) atoms. The van der Waals surface area contributed by atoms with Crippen LogP contribution in [0.5, 0.6) is 0 Å². The van der Waals surface area contributed by atoms with E-state index in [1.54, 1.807) is 0 Å². The Morgan fingerprint density at radius 3 is 0.488 bits per heavy atom. The van der Waals surface area contributed by atoms with Gasteiger partial charge in [0.1, 0.15) is 13.2 Å². The number of hydrogen-bond donors (Lipinski definition) is 0. The molecule has 0 fully saturated rings. The molecule has 0 heterocycles. The van der Waals surface area contributed by atoms with Gasteiger partial charge in [-0.1, -0.05) is 412 Å². The van der Waals surface area contributed by atoms with Crippen LogP contribution < -0.4 is 0 Å². The minimum Gasteiger partial charge on any atom is -0.462 e. The molecule has 0 aliphatic rings. The number of ether oxygens (including phenoxy) is 3. The van der Waals surface area contributed by atoms with Crippen molar-refractivity contribution in [2.24, 2.45) is 0 Å². The molecule has 6 nitrogen and oxygen atoms in total. The van der Waals surface area contributed by atoms with E-state index in [2.05, 4.69) is 20.8 Å². The molecule has 0 N–H and O–H groups in total. The maximum atomic E-state index is 13.0. The van der Waals surface area contributed by atoms with Gasteiger partial charge in [0.25, 0.3) is 0 Å². The van der Waals surface area contributed by atoms with Crippen molar-refractivity contribution in [3.8, 4) is 0 Å². The van der Waals surface area contributed by atoms with Crippen molar-refractivity contribution < 1.29 is 28.6 Å². The van der Waals surface area contributed by atoms with Crippen LogP contribution in [0.2, 0.25) is 0 Å². The minimum atomic E-state index is -0.764. The van der Waals surface area contributed by atoms with Gasteiger partial charge in [-0.3, -0.25) is 14.4 Å². The molecule has 0 aromatic carbocycles. The molecule has 0 saturated heterocycles. The molecule has 1 atom stereocenters. The predicted octanol–water partition coefficient (Wildman–Crippen LogP) is 26.2. The first-order valence-electron chi connectivity index (χ1n) is 38.0. The van der Waals surface area contributed by atoms with Gasteiger partial charge < -0.3 is 14.2 Å². The second-order valence-electron chi connectivity index (χ2n) is 26.3. The molecule has 0 amide bonds. The maximum Gasteiger partial charge on any atom is 0.306 e. The van der Waals surface area contributed by atoms with Crippen molar-refractivity contribution in [3.05, 3.63) is 0 Å². The third kappa shape index (κ3) is 69.2. The molecule has 488 valence electrons. The first-order chi connectivity index (χ1) is 40.5. The van der Waals surface area contributed by atoms with Crippen molar-refractivity contribution in [3.63, 3.8) is 0 Å². The maximum absolute atomic E-state index is 13.0. The normalized spacial score (nSPS) is 11.9. The van der Waals surface area contributed by atoms with Crippen LogP contribution in [0.3, 0.4) is 0 Å². The van der Waals surface area contributed by atoms with Crippen molar-refractivity contribution in [1.29, 1.82) is 0 Å². The minimum absolute atomic E-state index is 0.0599. The summed E-state index contributed by atoms with van der Waals surface area (Å²) in [5.74, 6) is -0.815. The molecule has 0 spiro atoms. The molecular weight excluding hydrogens is 1010 g/mol. The second kappa shape index (κ2) is 71.9.